The molecule has 5 aromatic carbocycles. The Morgan fingerprint density at radius 2 is 1.32 bits per heavy atom. The van der Waals surface area contributed by atoms with Gasteiger partial charge in [0.2, 0.25) is 5.95 Å². The molecule has 0 radical (unpaired) electrons. The minimum absolute atomic E-state index is 0.147. The summed E-state index contributed by atoms with van der Waals surface area (Å²) < 4.78 is 1.92. The summed E-state index contributed by atoms with van der Waals surface area (Å²) in [5.41, 5.74) is 8.98. The molecule has 2 N–H and O–H groups in total. The Labute approximate surface area is 271 Å². The number of hydrogen-bond donors (Lipinski definition) is 2. The fourth-order valence-corrected chi connectivity index (χ4v) is 6.07. The predicted octanol–water partition coefficient (Wildman–Crippen LogP) is 8.22. The van der Waals surface area contributed by atoms with E-state index in [1.807, 2.05) is 88.6 Å². The number of fused-ring (bicyclic) bond motifs is 1. The number of benzene rings is 5. The average Bonchev–Trinajstić information content (AvgIpc) is 3.75. The van der Waals surface area contributed by atoms with Gasteiger partial charge in [0, 0.05) is 34.7 Å². The Kier molecular flexibility index (Phi) is 6.95. The van der Waals surface area contributed by atoms with Gasteiger partial charge in [-0.05, 0) is 67.1 Å². The first-order chi connectivity index (χ1) is 23.0. The standard InChI is InChI=1S/C39H30N6O2/c1-25-12-14-28(15-13-25)38-33(24-44(43-38)29-10-6-3-7-11-29)36-23-35(26-16-18-30(46)19-17-26)42-45(36)39-40-34-21-20-31(47)22-32(34)37(41-39)27-8-4-2-5-9-27/h2-22,24,36,46-47H,23H2,1H3. The summed E-state index contributed by atoms with van der Waals surface area (Å²) in [6.07, 6.45) is 2.64. The molecule has 1 atom stereocenters. The van der Waals surface area contributed by atoms with Crippen molar-refractivity contribution >= 4 is 22.6 Å². The van der Waals surface area contributed by atoms with Gasteiger partial charge < -0.3 is 10.2 Å². The molecule has 7 aromatic rings. The van der Waals surface area contributed by atoms with E-state index >= 15 is 0 Å². The first kappa shape index (κ1) is 28.2. The number of nitrogens with zero attached hydrogens (tertiary/aromatic N) is 6. The monoisotopic (exact) mass is 614 g/mol. The lowest BCUT2D eigenvalue weighted by Gasteiger charge is -2.23. The lowest BCUT2D eigenvalue weighted by molar-refractivity contribution is 0.475. The van der Waals surface area contributed by atoms with E-state index in [-0.39, 0.29) is 17.5 Å². The van der Waals surface area contributed by atoms with Crippen LogP contribution in [0.4, 0.5) is 5.95 Å². The molecular formula is C39H30N6O2. The second-order valence-corrected chi connectivity index (χ2v) is 11.7. The van der Waals surface area contributed by atoms with Gasteiger partial charge in [-0.3, -0.25) is 0 Å². The van der Waals surface area contributed by atoms with Crippen LogP contribution in [0.1, 0.15) is 29.2 Å². The number of phenolic OH excluding ortho intramolecular Hbond substituents is 2. The summed E-state index contributed by atoms with van der Waals surface area (Å²) in [5.74, 6) is 0.775. The van der Waals surface area contributed by atoms with Crippen molar-refractivity contribution in [2.24, 2.45) is 5.10 Å². The number of aromatic hydroxyl groups is 2. The zero-order valence-corrected chi connectivity index (χ0v) is 25.6. The molecule has 47 heavy (non-hydrogen) atoms. The average molecular weight is 615 g/mol. The van der Waals surface area contributed by atoms with Gasteiger partial charge in [-0.2, -0.15) is 10.2 Å². The molecule has 0 bridgehead atoms. The first-order valence-corrected chi connectivity index (χ1v) is 15.4. The van der Waals surface area contributed by atoms with Crippen molar-refractivity contribution in [2.75, 3.05) is 5.01 Å². The zero-order valence-electron chi connectivity index (χ0n) is 25.6. The number of rotatable bonds is 6. The van der Waals surface area contributed by atoms with Gasteiger partial charge >= 0.3 is 0 Å². The predicted molar refractivity (Wildman–Crippen MR) is 185 cm³/mol. The van der Waals surface area contributed by atoms with E-state index in [1.54, 1.807) is 24.3 Å². The molecule has 8 heteroatoms. The van der Waals surface area contributed by atoms with Crippen molar-refractivity contribution in [3.63, 3.8) is 0 Å². The molecule has 0 amide bonds. The molecule has 0 fully saturated rings. The quantitative estimate of drug-likeness (QED) is 0.196. The van der Waals surface area contributed by atoms with Crippen molar-refractivity contribution in [2.45, 2.75) is 19.4 Å². The van der Waals surface area contributed by atoms with Crippen LogP contribution >= 0.6 is 0 Å². The van der Waals surface area contributed by atoms with Crippen LogP contribution in [0.5, 0.6) is 11.5 Å². The second-order valence-electron chi connectivity index (χ2n) is 11.7. The number of phenols is 2. The Hall–Kier alpha value is -6.28. The zero-order chi connectivity index (χ0) is 31.9. The van der Waals surface area contributed by atoms with Crippen LogP contribution in [0.3, 0.4) is 0 Å². The van der Waals surface area contributed by atoms with Gasteiger partial charge in [0.15, 0.2) is 0 Å². The van der Waals surface area contributed by atoms with E-state index in [9.17, 15) is 10.2 Å². The van der Waals surface area contributed by atoms with Gasteiger partial charge in [-0.25, -0.2) is 19.7 Å². The largest absolute Gasteiger partial charge is 0.508 e. The van der Waals surface area contributed by atoms with Crippen LogP contribution in [0.2, 0.25) is 0 Å². The van der Waals surface area contributed by atoms with E-state index in [2.05, 4.69) is 37.4 Å². The highest BCUT2D eigenvalue weighted by Crippen LogP contribution is 2.41. The number of hydrogen-bond acceptors (Lipinski definition) is 7. The van der Waals surface area contributed by atoms with Gasteiger partial charge in [0.05, 0.1) is 34.3 Å². The summed E-state index contributed by atoms with van der Waals surface area (Å²) in [6.45, 7) is 2.07. The van der Waals surface area contributed by atoms with Gasteiger partial charge in [0.1, 0.15) is 11.5 Å². The summed E-state index contributed by atoms with van der Waals surface area (Å²) in [6, 6.07) is 40.3. The van der Waals surface area contributed by atoms with Crippen molar-refractivity contribution in [1.82, 2.24) is 19.7 Å². The van der Waals surface area contributed by atoms with E-state index in [1.165, 1.54) is 5.56 Å². The maximum Gasteiger partial charge on any atom is 0.247 e. The molecule has 8 rings (SSSR count). The Morgan fingerprint density at radius 3 is 2.06 bits per heavy atom. The summed E-state index contributed by atoms with van der Waals surface area (Å²) >= 11 is 0. The minimum atomic E-state index is -0.300. The van der Waals surface area contributed by atoms with Crippen LogP contribution in [-0.4, -0.2) is 35.7 Å². The van der Waals surface area contributed by atoms with Crippen molar-refractivity contribution in [3.05, 3.63) is 150 Å². The smallest absolute Gasteiger partial charge is 0.247 e. The molecule has 1 aliphatic heterocycles. The Balaban J connectivity index is 1.34. The third kappa shape index (κ3) is 5.36. The second kappa shape index (κ2) is 11.6. The van der Waals surface area contributed by atoms with Crippen LogP contribution in [0, 0.1) is 6.92 Å². The molecule has 3 heterocycles. The minimum Gasteiger partial charge on any atom is -0.508 e. The Bertz CT molecular complexity index is 2250. The number of aryl methyl sites for hydroxylation is 1. The van der Waals surface area contributed by atoms with Crippen molar-refractivity contribution < 1.29 is 10.2 Å². The lowest BCUT2D eigenvalue weighted by Crippen LogP contribution is -2.21. The highest BCUT2D eigenvalue weighted by molar-refractivity contribution is 6.03. The van der Waals surface area contributed by atoms with Crippen molar-refractivity contribution in [1.29, 1.82) is 0 Å². The lowest BCUT2D eigenvalue weighted by atomic mass is 9.96. The summed E-state index contributed by atoms with van der Waals surface area (Å²) in [5, 5.41) is 33.3. The van der Waals surface area contributed by atoms with Crippen LogP contribution < -0.4 is 5.01 Å². The van der Waals surface area contributed by atoms with E-state index in [0.717, 1.165) is 44.7 Å². The number of aromatic nitrogens is 4. The summed E-state index contributed by atoms with van der Waals surface area (Å²) in [7, 11) is 0. The van der Waals surface area contributed by atoms with E-state index < -0.39 is 0 Å². The third-order valence-electron chi connectivity index (χ3n) is 8.48. The van der Waals surface area contributed by atoms with Crippen LogP contribution in [-0.2, 0) is 0 Å². The molecule has 0 saturated carbocycles. The molecule has 1 aliphatic rings. The molecular weight excluding hydrogens is 584 g/mol. The molecule has 0 saturated heterocycles. The number of para-hydroxylation sites is 1. The maximum absolute atomic E-state index is 10.4. The molecule has 1 unspecified atom stereocenters. The topological polar surface area (TPSA) is 99.7 Å². The third-order valence-corrected chi connectivity index (χ3v) is 8.48. The maximum atomic E-state index is 10.4. The Morgan fingerprint density at radius 1 is 0.660 bits per heavy atom. The SMILES string of the molecule is Cc1ccc(-c2nn(-c3ccccc3)cc2C2CC(c3ccc(O)cc3)=NN2c2nc(-c3ccccc3)c3cc(O)ccc3n2)cc1. The van der Waals surface area contributed by atoms with Crippen molar-refractivity contribution in [3.8, 4) is 39.7 Å². The summed E-state index contributed by atoms with van der Waals surface area (Å²) in [4.78, 5) is 10.1. The number of anilines is 1. The van der Waals surface area contributed by atoms with Crippen LogP contribution in [0.15, 0.2) is 139 Å². The molecule has 2 aromatic heterocycles. The fourth-order valence-electron chi connectivity index (χ4n) is 6.07. The van der Waals surface area contributed by atoms with E-state index in [4.69, 9.17) is 20.2 Å². The molecule has 228 valence electrons. The normalized spacial score (nSPS) is 14.4. The van der Waals surface area contributed by atoms with E-state index in [0.29, 0.717) is 23.6 Å². The molecule has 8 nitrogen and oxygen atoms in total. The molecule has 0 aliphatic carbocycles. The van der Waals surface area contributed by atoms with Gasteiger partial charge in [0.25, 0.3) is 0 Å². The highest BCUT2D eigenvalue weighted by Gasteiger charge is 2.35. The number of hydrazone groups is 1. The fraction of sp³-hybridized carbons (Fsp3) is 0.0769. The van der Waals surface area contributed by atoms with Gasteiger partial charge in [-0.15, -0.1) is 0 Å². The van der Waals surface area contributed by atoms with Crippen LogP contribution in [0.25, 0.3) is 39.1 Å². The van der Waals surface area contributed by atoms with Gasteiger partial charge in [-0.1, -0.05) is 78.4 Å². The first-order valence-electron chi connectivity index (χ1n) is 15.4. The highest BCUT2D eigenvalue weighted by atomic mass is 16.3. The molecule has 0 spiro atoms.